The van der Waals surface area contributed by atoms with Gasteiger partial charge < -0.3 is 20.7 Å². The minimum Gasteiger partial charge on any atom is -0.415 e. The largest absolute Gasteiger partial charge is 0.415 e. The van der Waals surface area contributed by atoms with E-state index in [4.69, 9.17) is 0 Å². The highest BCUT2D eigenvalue weighted by Gasteiger charge is 2.63. The topological polar surface area (TPSA) is 128 Å². The van der Waals surface area contributed by atoms with Crippen LogP contribution in [0.3, 0.4) is 0 Å². The number of nitrogens with zero attached hydrogens (tertiary/aromatic N) is 5. The molecule has 3 aromatic heterocycles. The number of carbonyl (C=O) groups is 2. The van der Waals surface area contributed by atoms with Gasteiger partial charge >= 0.3 is 6.61 Å². The minimum absolute atomic E-state index is 0.107. The summed E-state index contributed by atoms with van der Waals surface area (Å²) in [4.78, 5) is 27.5. The number of carbonyl (C=O) groups excluding carboxylic acids is 2. The molecule has 0 aliphatic heterocycles. The van der Waals surface area contributed by atoms with Gasteiger partial charge in [0.1, 0.15) is 23.3 Å². The fourth-order valence-corrected chi connectivity index (χ4v) is 7.27. The predicted octanol–water partition coefficient (Wildman–Crippen LogP) is 4.12. The molecule has 0 radical (unpaired) electrons. The average Bonchev–Trinajstić information content (AvgIpc) is 3.62. The lowest BCUT2D eigenvalue weighted by Gasteiger charge is -2.28. The number of fused-ring (bicyclic) bond motifs is 1. The van der Waals surface area contributed by atoms with Crippen LogP contribution in [0.5, 0.6) is 5.88 Å². The number of anilines is 3. The summed E-state index contributed by atoms with van der Waals surface area (Å²) in [5.74, 6) is -0.265. The number of thiophene rings is 1. The lowest BCUT2D eigenvalue weighted by atomic mass is 9.83. The molecule has 1 spiro atoms. The van der Waals surface area contributed by atoms with Crippen molar-refractivity contribution in [1.82, 2.24) is 29.9 Å². The van der Waals surface area contributed by atoms with E-state index in [0.717, 1.165) is 36.1 Å². The Morgan fingerprint density at radius 3 is 2.78 bits per heavy atom. The number of hydrogen-bond acceptors (Lipinski definition) is 8. The first-order valence-electron chi connectivity index (χ1n) is 13.7. The summed E-state index contributed by atoms with van der Waals surface area (Å²) in [5.41, 5.74) is 1.65. The molecular weight excluding hydrogens is 561 g/mol. The van der Waals surface area contributed by atoms with E-state index in [9.17, 15) is 22.8 Å². The van der Waals surface area contributed by atoms with Gasteiger partial charge in [-0.3, -0.25) is 14.2 Å². The number of nitrogens with one attached hydrogen (secondary N) is 3. The summed E-state index contributed by atoms with van der Waals surface area (Å²) in [5, 5.41) is 21.9. The molecule has 0 saturated heterocycles. The Hall–Kier alpha value is -3.62. The average molecular weight is 591 g/mol. The number of halogens is 3. The van der Waals surface area contributed by atoms with Crippen LogP contribution < -0.4 is 20.7 Å². The zero-order valence-electron chi connectivity index (χ0n) is 22.2. The maximum Gasteiger partial charge on any atom is 0.388 e. The van der Waals surface area contributed by atoms with Crippen molar-refractivity contribution in [2.24, 2.45) is 18.4 Å². The molecule has 0 aromatic carbocycles. The lowest BCUT2D eigenvalue weighted by Crippen LogP contribution is -2.36. The third kappa shape index (κ3) is 4.93. The molecule has 0 bridgehead atoms. The smallest absolute Gasteiger partial charge is 0.388 e. The lowest BCUT2D eigenvalue weighted by molar-refractivity contribution is -0.124. The second-order valence-electron chi connectivity index (χ2n) is 11.5. The zero-order valence-corrected chi connectivity index (χ0v) is 23.0. The van der Waals surface area contributed by atoms with Crippen LogP contribution in [0.1, 0.15) is 65.4 Å². The second-order valence-corrected chi connectivity index (χ2v) is 12.6. The van der Waals surface area contributed by atoms with Gasteiger partial charge in [-0.25, -0.2) is 9.07 Å². The van der Waals surface area contributed by atoms with Gasteiger partial charge in [0.25, 0.3) is 5.91 Å². The van der Waals surface area contributed by atoms with E-state index < -0.39 is 12.8 Å². The highest BCUT2D eigenvalue weighted by Crippen LogP contribution is 2.66. The quantitative estimate of drug-likeness (QED) is 0.342. The first-order chi connectivity index (χ1) is 19.7. The van der Waals surface area contributed by atoms with Crippen molar-refractivity contribution in [3.63, 3.8) is 0 Å². The first kappa shape index (κ1) is 26.3. The normalized spacial score (nSPS) is 25.4. The van der Waals surface area contributed by atoms with Crippen LogP contribution in [0.25, 0.3) is 0 Å². The number of alkyl halides is 3. The molecule has 11 nitrogen and oxygen atoms in total. The third-order valence-corrected chi connectivity index (χ3v) is 10.0. The van der Waals surface area contributed by atoms with E-state index >= 15 is 0 Å². The SMILES string of the molecule is Cn1nc(OC(F)F)cc1Nc1nncn1[C@H]1CCc2sc(NC(=O)C3CC(F)C3)c(C(=O)N[C@H]3CC34CC4)c2C1. The molecule has 15 heteroatoms. The van der Waals surface area contributed by atoms with Crippen molar-refractivity contribution < 1.29 is 27.5 Å². The van der Waals surface area contributed by atoms with Gasteiger partial charge in [0.15, 0.2) is 0 Å². The van der Waals surface area contributed by atoms with Crippen molar-refractivity contribution in [1.29, 1.82) is 0 Å². The number of aromatic nitrogens is 5. The summed E-state index contributed by atoms with van der Waals surface area (Å²) in [6.45, 7) is -2.99. The Kier molecular flexibility index (Phi) is 6.24. The number of aryl methyl sites for hydroxylation is 2. The Bertz CT molecular complexity index is 1510. The Morgan fingerprint density at radius 2 is 2.07 bits per heavy atom. The summed E-state index contributed by atoms with van der Waals surface area (Å²) in [6.07, 6.45) is 6.24. The van der Waals surface area contributed by atoms with Gasteiger partial charge in [0, 0.05) is 36.0 Å². The van der Waals surface area contributed by atoms with E-state index in [2.05, 4.69) is 36.0 Å². The van der Waals surface area contributed by atoms with Gasteiger partial charge in [0.2, 0.25) is 17.7 Å². The molecular formula is C26H29F3N8O3S. The molecule has 7 rings (SSSR count). The molecule has 3 fully saturated rings. The van der Waals surface area contributed by atoms with Crippen LogP contribution >= 0.6 is 11.3 Å². The fourth-order valence-electron chi connectivity index (χ4n) is 6.02. The molecule has 218 valence electrons. The molecule has 3 aromatic rings. The second kappa shape index (κ2) is 9.74. The number of hydrogen-bond donors (Lipinski definition) is 3. The molecule has 4 aliphatic carbocycles. The Morgan fingerprint density at radius 1 is 1.27 bits per heavy atom. The zero-order chi connectivity index (χ0) is 28.5. The molecule has 3 N–H and O–H groups in total. The van der Waals surface area contributed by atoms with Gasteiger partial charge in [-0.05, 0) is 62.3 Å². The molecule has 3 heterocycles. The summed E-state index contributed by atoms with van der Waals surface area (Å²) >= 11 is 1.42. The Balaban J connectivity index is 1.13. The van der Waals surface area contributed by atoms with Crippen LogP contribution in [0.2, 0.25) is 0 Å². The number of amides is 2. The Labute approximate surface area is 236 Å². The van der Waals surface area contributed by atoms with E-state index in [1.54, 1.807) is 13.4 Å². The van der Waals surface area contributed by atoms with Crippen LogP contribution in [0.15, 0.2) is 12.4 Å². The van der Waals surface area contributed by atoms with Crippen molar-refractivity contribution in [2.75, 3.05) is 10.6 Å². The van der Waals surface area contributed by atoms with Gasteiger partial charge in [-0.1, -0.05) is 0 Å². The van der Waals surface area contributed by atoms with Crippen molar-refractivity contribution in [3.05, 3.63) is 28.4 Å². The highest BCUT2D eigenvalue weighted by atomic mass is 32.1. The monoisotopic (exact) mass is 590 g/mol. The number of ether oxygens (including phenoxy) is 1. The fraction of sp³-hybridized carbons (Fsp3) is 0.577. The molecule has 4 aliphatic rings. The van der Waals surface area contributed by atoms with Crippen molar-refractivity contribution in [3.8, 4) is 5.88 Å². The van der Waals surface area contributed by atoms with Crippen LogP contribution in [0.4, 0.5) is 29.9 Å². The van der Waals surface area contributed by atoms with Crippen LogP contribution in [-0.4, -0.2) is 55.2 Å². The van der Waals surface area contributed by atoms with Crippen LogP contribution in [0, 0.1) is 11.3 Å². The van der Waals surface area contributed by atoms with E-state index in [1.165, 1.54) is 22.1 Å². The minimum atomic E-state index is -2.99. The summed E-state index contributed by atoms with van der Waals surface area (Å²) < 4.78 is 46.3. The molecule has 3 saturated carbocycles. The van der Waals surface area contributed by atoms with E-state index in [1.807, 2.05) is 4.57 Å². The molecule has 2 atom stereocenters. The van der Waals surface area contributed by atoms with Crippen LogP contribution in [-0.2, 0) is 24.7 Å². The number of rotatable bonds is 9. The standard InChI is InChI=1S/C26H29F3N8O3S/c1-36-18(9-19(35-36)40-24(28)29)32-25-34-30-11-37(25)14-2-3-16-15(8-14)20(22(39)31-17-10-26(17)4-5-26)23(41-16)33-21(38)12-6-13(27)7-12/h9,11-14,17,24H,2-8,10H2,1H3,(H,31,39)(H,32,34)(H,33,38)/t12?,13?,14-,17-/m0/s1. The van der Waals surface area contributed by atoms with Crippen molar-refractivity contribution >= 4 is 39.9 Å². The van der Waals surface area contributed by atoms with Gasteiger partial charge in [0.05, 0.1) is 5.56 Å². The molecule has 41 heavy (non-hydrogen) atoms. The molecule has 2 amide bonds. The molecule has 0 unspecified atom stereocenters. The van der Waals surface area contributed by atoms with E-state index in [0.29, 0.717) is 35.2 Å². The van der Waals surface area contributed by atoms with Crippen molar-refractivity contribution in [2.45, 2.75) is 76.2 Å². The summed E-state index contributed by atoms with van der Waals surface area (Å²) in [7, 11) is 1.59. The summed E-state index contributed by atoms with van der Waals surface area (Å²) in [6, 6.07) is 1.40. The predicted molar refractivity (Wildman–Crippen MR) is 142 cm³/mol. The first-order valence-corrected chi connectivity index (χ1v) is 14.6. The highest BCUT2D eigenvalue weighted by molar-refractivity contribution is 7.17. The third-order valence-electron chi connectivity index (χ3n) is 8.81. The van der Waals surface area contributed by atoms with Gasteiger partial charge in [-0.2, -0.15) is 8.78 Å². The maximum atomic E-state index is 13.6. The van der Waals surface area contributed by atoms with E-state index in [-0.39, 0.29) is 54.0 Å². The van der Waals surface area contributed by atoms with Gasteiger partial charge in [-0.15, -0.1) is 26.6 Å². The maximum absolute atomic E-state index is 13.6.